The van der Waals surface area contributed by atoms with E-state index in [-0.39, 0.29) is 5.78 Å². The smallest absolute Gasteiger partial charge is 0.163 e. The van der Waals surface area contributed by atoms with Crippen molar-refractivity contribution in [2.24, 2.45) is 0 Å². The average molecular weight is 268 g/mol. The standard InChI is InChI=1S/C17H16O3/c1-20-15-8-9-16(14(11-15)12-18)17(19)10-7-13-5-3-2-4-6-13/h2-6,8-9,11-12H,7,10H2,1H3. The van der Waals surface area contributed by atoms with Gasteiger partial charge in [-0.05, 0) is 30.2 Å². The van der Waals surface area contributed by atoms with Gasteiger partial charge in [-0.1, -0.05) is 30.3 Å². The van der Waals surface area contributed by atoms with Crippen LogP contribution in [0.5, 0.6) is 5.75 Å². The Bertz CT molecular complexity index is 603. The van der Waals surface area contributed by atoms with Gasteiger partial charge in [0.25, 0.3) is 0 Å². The predicted octanol–water partition coefficient (Wildman–Crippen LogP) is 3.32. The van der Waals surface area contributed by atoms with Gasteiger partial charge in [0.05, 0.1) is 7.11 Å². The zero-order valence-electron chi connectivity index (χ0n) is 11.3. The molecule has 0 saturated heterocycles. The van der Waals surface area contributed by atoms with E-state index in [1.165, 1.54) is 7.11 Å². The van der Waals surface area contributed by atoms with Gasteiger partial charge in [-0.15, -0.1) is 0 Å². The van der Waals surface area contributed by atoms with Gasteiger partial charge >= 0.3 is 0 Å². The van der Waals surface area contributed by atoms with E-state index in [1.807, 2.05) is 30.3 Å². The first-order valence-electron chi connectivity index (χ1n) is 6.45. The third-order valence-electron chi connectivity index (χ3n) is 3.17. The molecule has 0 aliphatic rings. The van der Waals surface area contributed by atoms with Crippen molar-refractivity contribution in [3.05, 3.63) is 65.2 Å². The molecule has 2 rings (SSSR count). The van der Waals surface area contributed by atoms with E-state index in [4.69, 9.17) is 4.74 Å². The van der Waals surface area contributed by atoms with Gasteiger partial charge in [-0.2, -0.15) is 0 Å². The Morgan fingerprint density at radius 2 is 1.90 bits per heavy atom. The maximum atomic E-state index is 12.2. The molecule has 0 atom stereocenters. The highest BCUT2D eigenvalue weighted by Gasteiger charge is 2.12. The third-order valence-corrected chi connectivity index (χ3v) is 3.17. The Labute approximate surface area is 118 Å². The molecule has 2 aromatic rings. The van der Waals surface area contributed by atoms with Crippen LogP contribution in [0.25, 0.3) is 0 Å². The highest BCUT2D eigenvalue weighted by atomic mass is 16.5. The van der Waals surface area contributed by atoms with Crippen LogP contribution >= 0.6 is 0 Å². The van der Waals surface area contributed by atoms with Crippen LogP contribution < -0.4 is 4.74 Å². The van der Waals surface area contributed by atoms with Gasteiger partial charge in [0.2, 0.25) is 0 Å². The van der Waals surface area contributed by atoms with E-state index < -0.39 is 0 Å². The molecule has 3 heteroatoms. The quantitative estimate of drug-likeness (QED) is 0.596. The molecule has 3 nitrogen and oxygen atoms in total. The zero-order chi connectivity index (χ0) is 14.4. The minimum absolute atomic E-state index is 0.0291. The van der Waals surface area contributed by atoms with Crippen LogP contribution in [0.15, 0.2) is 48.5 Å². The predicted molar refractivity (Wildman–Crippen MR) is 77.5 cm³/mol. The fraction of sp³-hybridized carbons (Fsp3) is 0.176. The number of aryl methyl sites for hydroxylation is 1. The van der Waals surface area contributed by atoms with Crippen molar-refractivity contribution in [1.82, 2.24) is 0 Å². The highest BCUT2D eigenvalue weighted by molar-refractivity contribution is 6.03. The molecule has 0 aliphatic heterocycles. The minimum Gasteiger partial charge on any atom is -0.497 e. The number of aldehydes is 1. The number of ether oxygens (including phenoxy) is 1. The molecular weight excluding hydrogens is 252 g/mol. The molecule has 0 radical (unpaired) electrons. The Balaban J connectivity index is 2.11. The van der Waals surface area contributed by atoms with Crippen molar-refractivity contribution >= 4 is 12.1 Å². The van der Waals surface area contributed by atoms with Crippen molar-refractivity contribution in [2.45, 2.75) is 12.8 Å². The lowest BCUT2D eigenvalue weighted by Gasteiger charge is -2.06. The van der Waals surface area contributed by atoms with Crippen molar-refractivity contribution in [3.63, 3.8) is 0 Å². The van der Waals surface area contributed by atoms with Crippen LogP contribution in [-0.2, 0) is 6.42 Å². The summed E-state index contributed by atoms with van der Waals surface area (Å²) in [6, 6.07) is 14.7. The number of carbonyl (C=O) groups is 2. The summed E-state index contributed by atoms with van der Waals surface area (Å²) in [6.07, 6.45) is 1.75. The van der Waals surface area contributed by atoms with Crippen LogP contribution in [-0.4, -0.2) is 19.2 Å². The van der Waals surface area contributed by atoms with E-state index in [1.54, 1.807) is 18.2 Å². The van der Waals surface area contributed by atoms with E-state index in [9.17, 15) is 9.59 Å². The van der Waals surface area contributed by atoms with Gasteiger partial charge in [0.15, 0.2) is 12.1 Å². The minimum atomic E-state index is -0.0291. The summed E-state index contributed by atoms with van der Waals surface area (Å²) in [5, 5.41) is 0. The first-order chi connectivity index (χ1) is 9.74. The van der Waals surface area contributed by atoms with E-state index in [2.05, 4.69) is 0 Å². The lowest BCUT2D eigenvalue weighted by atomic mass is 9.99. The van der Waals surface area contributed by atoms with Crippen molar-refractivity contribution in [3.8, 4) is 5.75 Å². The number of methoxy groups -OCH3 is 1. The Morgan fingerprint density at radius 1 is 1.15 bits per heavy atom. The maximum absolute atomic E-state index is 12.2. The lowest BCUT2D eigenvalue weighted by molar-refractivity contribution is 0.0976. The second-order valence-corrected chi connectivity index (χ2v) is 4.48. The molecule has 102 valence electrons. The zero-order valence-corrected chi connectivity index (χ0v) is 11.3. The number of benzene rings is 2. The van der Waals surface area contributed by atoms with Crippen LogP contribution in [0.1, 0.15) is 32.7 Å². The molecule has 0 unspecified atom stereocenters. The Hall–Kier alpha value is -2.42. The molecular formula is C17H16O3. The topological polar surface area (TPSA) is 43.4 Å². The molecule has 0 aliphatic carbocycles. The monoisotopic (exact) mass is 268 g/mol. The highest BCUT2D eigenvalue weighted by Crippen LogP contribution is 2.18. The number of hydrogen-bond donors (Lipinski definition) is 0. The van der Waals surface area contributed by atoms with Gasteiger partial charge in [-0.3, -0.25) is 9.59 Å². The maximum Gasteiger partial charge on any atom is 0.163 e. The summed E-state index contributed by atoms with van der Waals surface area (Å²) in [5.74, 6) is 0.547. The summed E-state index contributed by atoms with van der Waals surface area (Å²) >= 11 is 0. The Morgan fingerprint density at radius 3 is 2.55 bits per heavy atom. The van der Waals surface area contributed by atoms with Gasteiger partial charge < -0.3 is 4.74 Å². The van der Waals surface area contributed by atoms with Gasteiger partial charge in [0.1, 0.15) is 5.75 Å². The third kappa shape index (κ3) is 3.32. The van der Waals surface area contributed by atoms with Crippen LogP contribution in [0.3, 0.4) is 0 Å². The van der Waals surface area contributed by atoms with Crippen molar-refractivity contribution in [1.29, 1.82) is 0 Å². The van der Waals surface area contributed by atoms with Crippen LogP contribution in [0.4, 0.5) is 0 Å². The SMILES string of the molecule is COc1ccc(C(=O)CCc2ccccc2)c(C=O)c1. The lowest BCUT2D eigenvalue weighted by Crippen LogP contribution is -2.05. The number of rotatable bonds is 6. The Kier molecular flexibility index (Phi) is 4.66. The summed E-state index contributed by atoms with van der Waals surface area (Å²) < 4.78 is 5.05. The van der Waals surface area contributed by atoms with Gasteiger partial charge in [0, 0.05) is 17.5 Å². The fourth-order valence-corrected chi connectivity index (χ4v) is 2.06. The first-order valence-corrected chi connectivity index (χ1v) is 6.45. The van der Waals surface area contributed by atoms with Gasteiger partial charge in [-0.25, -0.2) is 0 Å². The second kappa shape index (κ2) is 6.66. The summed E-state index contributed by atoms with van der Waals surface area (Å²) in [7, 11) is 1.53. The number of hydrogen-bond acceptors (Lipinski definition) is 3. The summed E-state index contributed by atoms with van der Waals surface area (Å²) in [6.45, 7) is 0. The average Bonchev–Trinajstić information content (AvgIpc) is 2.52. The first kappa shape index (κ1) is 14.0. The molecule has 0 aromatic heterocycles. The number of ketones is 1. The molecule has 0 spiro atoms. The molecule has 0 N–H and O–H groups in total. The number of Topliss-reactive ketones (excluding diaryl/α,β-unsaturated/α-hetero) is 1. The summed E-state index contributed by atoms with van der Waals surface area (Å²) in [4.78, 5) is 23.3. The van der Waals surface area contributed by atoms with E-state index in [0.29, 0.717) is 36.0 Å². The normalized spacial score (nSPS) is 10.1. The largest absolute Gasteiger partial charge is 0.497 e. The molecule has 2 aromatic carbocycles. The molecule has 0 bridgehead atoms. The van der Waals surface area contributed by atoms with Crippen molar-refractivity contribution < 1.29 is 14.3 Å². The fourth-order valence-electron chi connectivity index (χ4n) is 2.06. The van der Waals surface area contributed by atoms with Crippen LogP contribution in [0.2, 0.25) is 0 Å². The number of carbonyl (C=O) groups excluding carboxylic acids is 2. The van der Waals surface area contributed by atoms with E-state index >= 15 is 0 Å². The molecule has 0 amide bonds. The summed E-state index contributed by atoms with van der Waals surface area (Å²) in [5.41, 5.74) is 1.95. The molecule has 0 saturated carbocycles. The van der Waals surface area contributed by atoms with Crippen LogP contribution in [0, 0.1) is 0 Å². The molecule has 20 heavy (non-hydrogen) atoms. The molecule has 0 heterocycles. The second-order valence-electron chi connectivity index (χ2n) is 4.48. The molecule has 0 fully saturated rings. The van der Waals surface area contributed by atoms with E-state index in [0.717, 1.165) is 5.56 Å². The van der Waals surface area contributed by atoms with Crippen molar-refractivity contribution in [2.75, 3.05) is 7.11 Å².